The third kappa shape index (κ3) is 2.99. The molecule has 0 aromatic carbocycles. The van der Waals surface area contributed by atoms with E-state index in [1.54, 1.807) is 6.20 Å². The van der Waals surface area contributed by atoms with Gasteiger partial charge in [0.15, 0.2) is 0 Å². The van der Waals surface area contributed by atoms with Crippen LogP contribution in [-0.4, -0.2) is 41.5 Å². The zero-order valence-corrected chi connectivity index (χ0v) is 14.8. The van der Waals surface area contributed by atoms with Gasteiger partial charge in [-0.2, -0.15) is 5.26 Å². The molecule has 0 N–H and O–H groups in total. The predicted octanol–water partition coefficient (Wildman–Crippen LogP) is 3.10. The Kier molecular flexibility index (Phi) is 4.37. The van der Waals surface area contributed by atoms with E-state index in [9.17, 15) is 4.79 Å². The van der Waals surface area contributed by atoms with Crippen LogP contribution in [0.2, 0.25) is 0 Å². The van der Waals surface area contributed by atoms with Gasteiger partial charge in [-0.05, 0) is 44.2 Å². The molecule has 1 unspecified atom stereocenters. The molecule has 132 valence electrons. The highest BCUT2D eigenvalue weighted by Crippen LogP contribution is 2.43. The number of carbonyl (C=O) groups excluding carboxylic acids is 1. The Morgan fingerprint density at radius 1 is 1.12 bits per heavy atom. The van der Waals surface area contributed by atoms with Gasteiger partial charge in [0.25, 0.3) is 0 Å². The second kappa shape index (κ2) is 6.67. The molecule has 1 aromatic rings. The van der Waals surface area contributed by atoms with Crippen molar-refractivity contribution in [2.24, 2.45) is 5.41 Å². The molecule has 5 nitrogen and oxygen atoms in total. The summed E-state index contributed by atoms with van der Waals surface area (Å²) in [5, 5.41) is 8.94. The lowest BCUT2D eigenvalue weighted by molar-refractivity contribution is -0.138. The van der Waals surface area contributed by atoms with Gasteiger partial charge in [0.1, 0.15) is 11.9 Å². The van der Waals surface area contributed by atoms with E-state index in [0.717, 1.165) is 44.7 Å². The van der Waals surface area contributed by atoms with E-state index >= 15 is 0 Å². The van der Waals surface area contributed by atoms with Gasteiger partial charge in [-0.15, -0.1) is 0 Å². The fourth-order valence-corrected chi connectivity index (χ4v) is 4.93. The molecule has 1 spiro atoms. The van der Waals surface area contributed by atoms with E-state index in [2.05, 4.69) is 20.9 Å². The summed E-state index contributed by atoms with van der Waals surface area (Å²) in [5.41, 5.74) is 0.363. The molecule has 3 aliphatic rings. The maximum absolute atomic E-state index is 13.3. The minimum absolute atomic E-state index is 0.217. The van der Waals surface area contributed by atoms with E-state index < -0.39 is 0 Å². The number of piperidine rings is 1. The Morgan fingerprint density at radius 2 is 1.96 bits per heavy atom. The second-order valence-corrected chi connectivity index (χ2v) is 7.86. The first-order valence-corrected chi connectivity index (χ1v) is 9.64. The average molecular weight is 338 g/mol. The van der Waals surface area contributed by atoms with Gasteiger partial charge in [0.2, 0.25) is 5.91 Å². The first-order chi connectivity index (χ1) is 12.2. The van der Waals surface area contributed by atoms with Crippen molar-refractivity contribution in [3.05, 3.63) is 23.9 Å². The van der Waals surface area contributed by atoms with Gasteiger partial charge in [-0.3, -0.25) is 4.79 Å². The summed E-state index contributed by atoms with van der Waals surface area (Å²) in [4.78, 5) is 22.2. The van der Waals surface area contributed by atoms with E-state index in [1.807, 2.05) is 12.1 Å². The lowest BCUT2D eigenvalue weighted by Crippen LogP contribution is -2.50. The lowest BCUT2D eigenvalue weighted by Gasteiger charge is -2.40. The van der Waals surface area contributed by atoms with Crippen LogP contribution in [0, 0.1) is 16.7 Å². The van der Waals surface area contributed by atoms with Crippen LogP contribution in [0.1, 0.15) is 56.9 Å². The third-order valence-electron chi connectivity index (χ3n) is 6.34. The monoisotopic (exact) mass is 338 g/mol. The number of hydrogen-bond donors (Lipinski definition) is 0. The Hall–Kier alpha value is -2.09. The van der Waals surface area contributed by atoms with Crippen LogP contribution in [0.4, 0.5) is 5.82 Å². The largest absolute Gasteiger partial charge is 0.356 e. The number of rotatable bonds is 2. The van der Waals surface area contributed by atoms with E-state index in [1.165, 1.54) is 32.1 Å². The molecule has 1 aliphatic carbocycles. The Labute approximate surface area is 149 Å². The molecule has 0 radical (unpaired) electrons. The van der Waals surface area contributed by atoms with Crippen molar-refractivity contribution in [3.63, 3.8) is 0 Å². The number of hydrogen-bond acceptors (Lipinski definition) is 4. The van der Waals surface area contributed by atoms with E-state index in [0.29, 0.717) is 17.5 Å². The van der Waals surface area contributed by atoms with Crippen molar-refractivity contribution < 1.29 is 4.79 Å². The minimum Gasteiger partial charge on any atom is -0.356 e. The van der Waals surface area contributed by atoms with Crippen LogP contribution in [0.5, 0.6) is 0 Å². The van der Waals surface area contributed by atoms with Gasteiger partial charge in [0, 0.05) is 31.9 Å². The molecule has 1 amide bonds. The quantitative estimate of drug-likeness (QED) is 0.831. The van der Waals surface area contributed by atoms with Crippen LogP contribution >= 0.6 is 0 Å². The Bertz CT molecular complexity index is 674. The molecule has 4 rings (SSSR count). The van der Waals surface area contributed by atoms with Crippen molar-refractivity contribution in [3.8, 4) is 6.07 Å². The summed E-state index contributed by atoms with van der Waals surface area (Å²) in [7, 11) is 0. The summed E-state index contributed by atoms with van der Waals surface area (Å²) >= 11 is 0. The van der Waals surface area contributed by atoms with Crippen LogP contribution in [0.25, 0.3) is 0 Å². The first-order valence-electron chi connectivity index (χ1n) is 9.64. The maximum atomic E-state index is 13.3. The number of carbonyl (C=O) groups is 1. The average Bonchev–Trinajstić information content (AvgIpc) is 2.98. The van der Waals surface area contributed by atoms with Crippen LogP contribution in [0.15, 0.2) is 18.3 Å². The summed E-state index contributed by atoms with van der Waals surface area (Å²) in [6, 6.07) is 6.32. The van der Waals surface area contributed by atoms with E-state index in [-0.39, 0.29) is 5.41 Å². The van der Waals surface area contributed by atoms with Crippen molar-refractivity contribution in [2.75, 3.05) is 24.5 Å². The SMILES string of the molecule is N#Cc1ccc(N2CCCC3(CCN(C4CCCCC4)C3=O)C2)nc1. The minimum atomic E-state index is -0.217. The van der Waals surface area contributed by atoms with Crippen molar-refractivity contribution in [1.82, 2.24) is 9.88 Å². The van der Waals surface area contributed by atoms with Crippen molar-refractivity contribution >= 4 is 11.7 Å². The van der Waals surface area contributed by atoms with E-state index in [4.69, 9.17) is 5.26 Å². The van der Waals surface area contributed by atoms with Gasteiger partial charge in [-0.1, -0.05) is 19.3 Å². The molecule has 1 aromatic heterocycles. The van der Waals surface area contributed by atoms with Gasteiger partial charge in [-0.25, -0.2) is 4.98 Å². The fraction of sp³-hybridized carbons (Fsp3) is 0.650. The fourth-order valence-electron chi connectivity index (χ4n) is 4.93. The zero-order chi connectivity index (χ0) is 17.3. The molecule has 3 heterocycles. The molecule has 25 heavy (non-hydrogen) atoms. The van der Waals surface area contributed by atoms with Gasteiger partial charge < -0.3 is 9.80 Å². The summed E-state index contributed by atoms with van der Waals surface area (Å²) < 4.78 is 0. The highest BCUT2D eigenvalue weighted by atomic mass is 16.2. The summed E-state index contributed by atoms with van der Waals surface area (Å²) in [6.45, 7) is 2.64. The van der Waals surface area contributed by atoms with Crippen LogP contribution in [-0.2, 0) is 4.79 Å². The maximum Gasteiger partial charge on any atom is 0.230 e. The summed E-state index contributed by atoms with van der Waals surface area (Å²) in [6.07, 6.45) is 10.9. The lowest BCUT2D eigenvalue weighted by atomic mass is 9.78. The van der Waals surface area contributed by atoms with Crippen LogP contribution in [0.3, 0.4) is 0 Å². The number of amides is 1. The molecule has 1 atom stereocenters. The molecule has 1 saturated carbocycles. The normalized spacial score (nSPS) is 27.7. The van der Waals surface area contributed by atoms with Crippen molar-refractivity contribution in [2.45, 2.75) is 57.4 Å². The molecular weight excluding hydrogens is 312 g/mol. The van der Waals surface area contributed by atoms with Crippen LogP contribution < -0.4 is 4.90 Å². The standard InChI is InChI=1S/C20H26N4O/c21-13-16-7-8-18(22-14-16)23-11-4-9-20(15-23)10-12-24(19(20)25)17-5-2-1-3-6-17/h7-8,14,17H,1-6,9-12,15H2. The summed E-state index contributed by atoms with van der Waals surface area (Å²) in [5.74, 6) is 1.28. The molecule has 2 saturated heterocycles. The molecular formula is C20H26N4O. The highest BCUT2D eigenvalue weighted by molar-refractivity contribution is 5.86. The number of likely N-dealkylation sites (tertiary alicyclic amines) is 1. The highest BCUT2D eigenvalue weighted by Gasteiger charge is 2.50. The number of nitriles is 1. The smallest absolute Gasteiger partial charge is 0.230 e. The Balaban J connectivity index is 1.50. The number of nitrogens with zero attached hydrogens (tertiary/aromatic N) is 4. The van der Waals surface area contributed by atoms with Crippen molar-refractivity contribution in [1.29, 1.82) is 5.26 Å². The van der Waals surface area contributed by atoms with Gasteiger partial charge >= 0.3 is 0 Å². The third-order valence-corrected chi connectivity index (χ3v) is 6.34. The second-order valence-electron chi connectivity index (χ2n) is 7.86. The number of anilines is 1. The predicted molar refractivity (Wildman–Crippen MR) is 96.0 cm³/mol. The topological polar surface area (TPSA) is 60.2 Å². The van der Waals surface area contributed by atoms with Gasteiger partial charge in [0.05, 0.1) is 11.0 Å². The molecule has 3 fully saturated rings. The number of aromatic nitrogens is 1. The molecule has 5 heteroatoms. The number of pyridine rings is 1. The first kappa shape index (κ1) is 16.4. The zero-order valence-electron chi connectivity index (χ0n) is 14.8. The molecule has 2 aliphatic heterocycles. The Morgan fingerprint density at radius 3 is 2.68 bits per heavy atom. The molecule has 0 bridgehead atoms.